The van der Waals surface area contributed by atoms with Crippen molar-refractivity contribution in [1.82, 2.24) is 4.57 Å². The fourth-order valence-corrected chi connectivity index (χ4v) is 1.98. The second-order valence-electron chi connectivity index (χ2n) is 4.60. The van der Waals surface area contributed by atoms with Gasteiger partial charge in [0, 0.05) is 27.1 Å². The van der Waals surface area contributed by atoms with Crippen LogP contribution in [0.4, 0.5) is 0 Å². The molecule has 0 fully saturated rings. The molecule has 1 unspecified atom stereocenters. The van der Waals surface area contributed by atoms with Gasteiger partial charge in [0.1, 0.15) is 0 Å². The predicted molar refractivity (Wildman–Crippen MR) is 63.4 cm³/mol. The van der Waals surface area contributed by atoms with Crippen LogP contribution in [0.25, 0.3) is 0 Å². The number of halogens is 1. The van der Waals surface area contributed by atoms with Crippen molar-refractivity contribution in [2.45, 2.75) is 31.4 Å². The highest BCUT2D eigenvalue weighted by atomic mass is 35.5. The van der Waals surface area contributed by atoms with Crippen molar-refractivity contribution >= 4 is 19.7 Å². The van der Waals surface area contributed by atoms with Gasteiger partial charge in [-0.25, -0.2) is 0 Å². The molecule has 0 aliphatic carbocycles. The van der Waals surface area contributed by atoms with Gasteiger partial charge in [0.05, 0.1) is 0 Å². The van der Waals surface area contributed by atoms with E-state index in [9.17, 15) is 0 Å². The van der Waals surface area contributed by atoms with Crippen molar-refractivity contribution in [3.05, 3.63) is 24.5 Å². The molecule has 1 aromatic heterocycles. The first-order valence-electron chi connectivity index (χ1n) is 4.87. The van der Waals surface area contributed by atoms with Gasteiger partial charge in [-0.1, -0.05) is 31.2 Å². The maximum Gasteiger partial charge on any atom is 0.211 e. The van der Waals surface area contributed by atoms with Crippen molar-refractivity contribution in [3.8, 4) is 0 Å². The van der Waals surface area contributed by atoms with E-state index < -0.39 is 8.07 Å². The summed E-state index contributed by atoms with van der Waals surface area (Å²) in [6.07, 6.45) is 3.82. The van der Waals surface area contributed by atoms with Crippen LogP contribution in [0, 0.1) is 0 Å². The third-order valence-electron chi connectivity index (χ3n) is 1.97. The van der Waals surface area contributed by atoms with E-state index in [1.54, 1.807) is 0 Å². The molecule has 0 aliphatic rings. The molecule has 2 nitrogen and oxygen atoms in total. The normalized spacial score (nSPS) is 14.3. The topological polar surface area (TPSA) is 14.2 Å². The third kappa shape index (κ3) is 4.31. The summed E-state index contributed by atoms with van der Waals surface area (Å²) in [5.74, 6) is 0. The molecule has 1 aromatic rings. The molecule has 1 atom stereocenters. The average Bonchev–Trinajstić information content (AvgIpc) is 2.53. The first kappa shape index (κ1) is 11.8. The highest BCUT2D eigenvalue weighted by Gasteiger charge is 2.14. The van der Waals surface area contributed by atoms with Gasteiger partial charge in [-0.05, 0) is 18.2 Å². The molecule has 80 valence electrons. The second-order valence-corrected chi connectivity index (χ2v) is 10.6. The standard InChI is InChI=1S/C10H18ClNOSi/c1-14(2,3)9-8-13-10(11)12-6-4-5-7-12/h4-7,10H,8-9H2,1-3H3. The van der Waals surface area contributed by atoms with Crippen LogP contribution in [-0.4, -0.2) is 19.2 Å². The largest absolute Gasteiger partial charge is 0.345 e. The Bertz CT molecular complexity index is 256. The molecule has 14 heavy (non-hydrogen) atoms. The average molecular weight is 232 g/mol. The van der Waals surface area contributed by atoms with Gasteiger partial charge in [0.25, 0.3) is 0 Å². The fourth-order valence-electron chi connectivity index (χ4n) is 1.03. The van der Waals surface area contributed by atoms with Gasteiger partial charge in [-0.2, -0.15) is 0 Å². The van der Waals surface area contributed by atoms with Gasteiger partial charge < -0.3 is 9.30 Å². The van der Waals surface area contributed by atoms with Gasteiger partial charge in [0.2, 0.25) is 5.69 Å². The van der Waals surface area contributed by atoms with Crippen LogP contribution in [0.1, 0.15) is 5.69 Å². The number of nitrogens with zero attached hydrogens (tertiary/aromatic N) is 1. The van der Waals surface area contributed by atoms with Gasteiger partial charge in [0.15, 0.2) is 0 Å². The summed E-state index contributed by atoms with van der Waals surface area (Å²) < 4.78 is 7.38. The Labute approximate surface area is 91.8 Å². The molecule has 0 aliphatic heterocycles. The van der Waals surface area contributed by atoms with Crippen molar-refractivity contribution in [3.63, 3.8) is 0 Å². The summed E-state index contributed by atoms with van der Waals surface area (Å²) in [5, 5.41) is 0. The van der Waals surface area contributed by atoms with Crippen molar-refractivity contribution < 1.29 is 4.74 Å². The lowest BCUT2D eigenvalue weighted by Crippen LogP contribution is -2.22. The Morgan fingerprint density at radius 3 is 2.36 bits per heavy atom. The van der Waals surface area contributed by atoms with Crippen LogP contribution < -0.4 is 0 Å². The molecule has 0 aromatic carbocycles. The Kier molecular flexibility index (Phi) is 4.23. The molecule has 1 rings (SSSR count). The lowest BCUT2D eigenvalue weighted by atomic mass is 10.7. The minimum Gasteiger partial charge on any atom is -0.345 e. The minimum absolute atomic E-state index is 0.360. The van der Waals surface area contributed by atoms with E-state index in [1.165, 1.54) is 0 Å². The van der Waals surface area contributed by atoms with Crippen molar-refractivity contribution in [2.24, 2.45) is 0 Å². The maximum absolute atomic E-state index is 6.03. The summed E-state index contributed by atoms with van der Waals surface area (Å²) >= 11 is 6.03. The quantitative estimate of drug-likeness (QED) is 0.559. The molecule has 0 radical (unpaired) electrons. The van der Waals surface area contributed by atoms with Crippen LogP contribution in [0.5, 0.6) is 0 Å². The van der Waals surface area contributed by atoms with E-state index in [1.807, 2.05) is 29.1 Å². The van der Waals surface area contributed by atoms with Gasteiger partial charge >= 0.3 is 0 Å². The SMILES string of the molecule is C[Si](C)(C)CCOC(Cl)n1cccc1. The predicted octanol–water partition coefficient (Wildman–Crippen LogP) is 3.54. The second kappa shape index (κ2) is 5.00. The molecular weight excluding hydrogens is 214 g/mol. The molecule has 0 spiro atoms. The lowest BCUT2D eigenvalue weighted by molar-refractivity contribution is 0.0727. The van der Waals surface area contributed by atoms with Gasteiger partial charge in [-0.3, -0.25) is 0 Å². The fraction of sp³-hybridized carbons (Fsp3) is 0.600. The number of hydrogen-bond donors (Lipinski definition) is 0. The van der Waals surface area contributed by atoms with E-state index in [-0.39, 0.29) is 5.69 Å². The molecular formula is C10H18ClNOSi. The lowest BCUT2D eigenvalue weighted by Gasteiger charge is -2.18. The van der Waals surface area contributed by atoms with Crippen LogP contribution in [0.15, 0.2) is 24.5 Å². The van der Waals surface area contributed by atoms with Crippen LogP contribution in [-0.2, 0) is 4.74 Å². The summed E-state index contributed by atoms with van der Waals surface area (Å²) in [5.41, 5.74) is -0.360. The van der Waals surface area contributed by atoms with E-state index >= 15 is 0 Å². The van der Waals surface area contributed by atoms with Crippen molar-refractivity contribution in [2.75, 3.05) is 6.61 Å². The van der Waals surface area contributed by atoms with Crippen molar-refractivity contribution in [1.29, 1.82) is 0 Å². The Morgan fingerprint density at radius 1 is 1.29 bits per heavy atom. The van der Waals surface area contributed by atoms with Gasteiger partial charge in [-0.15, -0.1) is 0 Å². The van der Waals surface area contributed by atoms with E-state index in [0.717, 1.165) is 12.7 Å². The number of alkyl halides is 1. The summed E-state index contributed by atoms with van der Waals surface area (Å²) in [7, 11) is -1.00. The molecule has 0 amide bonds. The molecule has 0 saturated heterocycles. The zero-order chi connectivity index (χ0) is 10.6. The molecule has 0 bridgehead atoms. The number of ether oxygens (including phenoxy) is 1. The first-order valence-corrected chi connectivity index (χ1v) is 9.01. The highest BCUT2D eigenvalue weighted by Crippen LogP contribution is 2.16. The number of hydrogen-bond acceptors (Lipinski definition) is 1. The molecule has 0 saturated carbocycles. The Hall–Kier alpha value is -0.253. The zero-order valence-electron chi connectivity index (χ0n) is 9.03. The van der Waals surface area contributed by atoms with E-state index in [4.69, 9.17) is 16.3 Å². The van der Waals surface area contributed by atoms with Crippen LogP contribution >= 0.6 is 11.6 Å². The van der Waals surface area contributed by atoms with Crippen LogP contribution in [0.3, 0.4) is 0 Å². The maximum atomic E-state index is 6.03. The molecule has 1 heterocycles. The summed E-state index contributed by atoms with van der Waals surface area (Å²) in [6, 6.07) is 5.03. The Balaban J connectivity index is 2.26. The smallest absolute Gasteiger partial charge is 0.211 e. The van der Waals surface area contributed by atoms with E-state index in [0.29, 0.717) is 0 Å². The highest BCUT2D eigenvalue weighted by molar-refractivity contribution is 6.76. The Morgan fingerprint density at radius 2 is 1.86 bits per heavy atom. The summed E-state index contributed by atoms with van der Waals surface area (Å²) in [6.45, 7) is 7.74. The third-order valence-corrected chi connectivity index (χ3v) is 4.02. The molecule has 0 N–H and O–H groups in total. The summed E-state index contributed by atoms with van der Waals surface area (Å²) in [4.78, 5) is 0. The first-order chi connectivity index (χ1) is 6.49. The zero-order valence-corrected chi connectivity index (χ0v) is 10.8. The minimum atomic E-state index is -1.00. The van der Waals surface area contributed by atoms with Crippen LogP contribution in [0.2, 0.25) is 25.7 Å². The van der Waals surface area contributed by atoms with E-state index in [2.05, 4.69) is 19.6 Å². The molecule has 4 heteroatoms. The monoisotopic (exact) mass is 231 g/mol. The number of aromatic nitrogens is 1. The number of rotatable bonds is 5.